The van der Waals surface area contributed by atoms with Crippen molar-refractivity contribution in [2.24, 2.45) is 0 Å². The third kappa shape index (κ3) is 3.85. The Hall–Kier alpha value is -1.30. The second-order valence-electron chi connectivity index (χ2n) is 5.39. The Morgan fingerprint density at radius 1 is 1.30 bits per heavy atom. The summed E-state index contributed by atoms with van der Waals surface area (Å²) < 4.78 is 0. The molecule has 1 aromatic heterocycles. The molecule has 108 valence electrons. The molecule has 1 aromatic rings. The minimum atomic E-state index is 0.107. The molecule has 0 spiro atoms. The summed E-state index contributed by atoms with van der Waals surface area (Å²) in [5.41, 5.74) is 0. The van der Waals surface area contributed by atoms with Gasteiger partial charge < -0.3 is 10.2 Å². The van der Waals surface area contributed by atoms with Gasteiger partial charge in [0.1, 0.15) is 17.2 Å². The van der Waals surface area contributed by atoms with E-state index in [1.165, 1.54) is 31.0 Å². The van der Waals surface area contributed by atoms with Crippen molar-refractivity contribution in [1.29, 1.82) is 0 Å². The fourth-order valence-electron chi connectivity index (χ4n) is 2.34. The van der Waals surface area contributed by atoms with Crippen LogP contribution in [0.15, 0.2) is 17.4 Å². The van der Waals surface area contributed by atoms with Gasteiger partial charge in [-0.25, -0.2) is 9.97 Å². The van der Waals surface area contributed by atoms with Crippen molar-refractivity contribution in [3.63, 3.8) is 0 Å². The number of piperidine rings is 1. The lowest BCUT2D eigenvalue weighted by Crippen LogP contribution is -2.30. The van der Waals surface area contributed by atoms with Crippen LogP contribution in [0.25, 0.3) is 0 Å². The maximum Gasteiger partial charge on any atom is 0.230 e. The molecule has 0 radical (unpaired) electrons. The van der Waals surface area contributed by atoms with Gasteiger partial charge in [0.2, 0.25) is 5.91 Å². The zero-order valence-electron chi connectivity index (χ0n) is 11.5. The number of nitrogens with zero attached hydrogens (tertiary/aromatic N) is 3. The summed E-state index contributed by atoms with van der Waals surface area (Å²) in [6, 6.07) is 2.43. The predicted octanol–water partition coefficient (Wildman–Crippen LogP) is 1.84. The standard InChI is InChI=1S/C14H20N4OS/c19-13(17-11-4-5-11)9-20-14-8-12(15-10-16-14)18-6-2-1-3-7-18/h8,10-11H,1-7,9H2,(H,17,19). The van der Waals surface area contributed by atoms with Crippen molar-refractivity contribution in [3.8, 4) is 0 Å². The molecule has 0 unspecified atom stereocenters. The minimum Gasteiger partial charge on any atom is -0.356 e. The zero-order chi connectivity index (χ0) is 13.8. The maximum atomic E-state index is 11.7. The van der Waals surface area contributed by atoms with E-state index in [-0.39, 0.29) is 5.91 Å². The van der Waals surface area contributed by atoms with Crippen LogP contribution in [0.3, 0.4) is 0 Å². The lowest BCUT2D eigenvalue weighted by molar-refractivity contribution is -0.118. The number of hydrogen-bond donors (Lipinski definition) is 1. The van der Waals surface area contributed by atoms with Crippen molar-refractivity contribution < 1.29 is 4.79 Å². The first-order valence-corrected chi connectivity index (χ1v) is 8.29. The molecule has 2 fully saturated rings. The molecule has 1 aliphatic heterocycles. The average molecular weight is 292 g/mol. The molecule has 20 heavy (non-hydrogen) atoms. The van der Waals surface area contributed by atoms with E-state index in [0.717, 1.165) is 36.8 Å². The van der Waals surface area contributed by atoms with Gasteiger partial charge >= 0.3 is 0 Å². The Kier molecular flexibility index (Phi) is 4.40. The van der Waals surface area contributed by atoms with E-state index >= 15 is 0 Å². The smallest absolute Gasteiger partial charge is 0.230 e. The number of hydrogen-bond acceptors (Lipinski definition) is 5. The molecule has 1 N–H and O–H groups in total. The molecule has 2 heterocycles. The number of carbonyl (C=O) groups excluding carboxylic acids is 1. The Labute approximate surface area is 123 Å². The molecule has 0 aromatic carbocycles. The van der Waals surface area contributed by atoms with Gasteiger partial charge in [0.15, 0.2) is 0 Å². The second-order valence-corrected chi connectivity index (χ2v) is 6.39. The highest BCUT2D eigenvalue weighted by Crippen LogP contribution is 2.23. The van der Waals surface area contributed by atoms with Gasteiger partial charge in [-0.3, -0.25) is 4.79 Å². The monoisotopic (exact) mass is 292 g/mol. The topological polar surface area (TPSA) is 58.1 Å². The summed E-state index contributed by atoms with van der Waals surface area (Å²) in [5.74, 6) is 1.54. The Balaban J connectivity index is 1.54. The van der Waals surface area contributed by atoms with Gasteiger partial charge in [-0.1, -0.05) is 11.8 Å². The number of anilines is 1. The van der Waals surface area contributed by atoms with Crippen LogP contribution in [0.2, 0.25) is 0 Å². The summed E-state index contributed by atoms with van der Waals surface area (Å²) in [6.07, 6.45) is 7.63. The van der Waals surface area contributed by atoms with Crippen molar-refractivity contribution in [1.82, 2.24) is 15.3 Å². The van der Waals surface area contributed by atoms with Crippen molar-refractivity contribution in [2.75, 3.05) is 23.7 Å². The summed E-state index contributed by atoms with van der Waals surface area (Å²) in [5, 5.41) is 3.87. The largest absolute Gasteiger partial charge is 0.356 e. The lowest BCUT2D eigenvalue weighted by Gasteiger charge is -2.27. The number of nitrogens with one attached hydrogen (secondary N) is 1. The molecular formula is C14H20N4OS. The fourth-order valence-corrected chi connectivity index (χ4v) is 3.01. The van der Waals surface area contributed by atoms with Crippen LogP contribution in [0.1, 0.15) is 32.1 Å². The van der Waals surface area contributed by atoms with Gasteiger partial charge in [0.05, 0.1) is 5.75 Å². The molecule has 1 saturated carbocycles. The van der Waals surface area contributed by atoms with Crippen LogP contribution in [0.4, 0.5) is 5.82 Å². The average Bonchev–Trinajstić information content (AvgIpc) is 3.30. The Bertz CT molecular complexity index is 472. The van der Waals surface area contributed by atoms with E-state index in [9.17, 15) is 4.79 Å². The van der Waals surface area contributed by atoms with Gasteiger partial charge in [-0.15, -0.1) is 0 Å². The van der Waals surface area contributed by atoms with E-state index in [4.69, 9.17) is 0 Å². The van der Waals surface area contributed by atoms with Crippen LogP contribution in [0.5, 0.6) is 0 Å². The first-order valence-electron chi connectivity index (χ1n) is 7.30. The van der Waals surface area contributed by atoms with E-state index in [1.807, 2.05) is 6.07 Å². The molecule has 1 saturated heterocycles. The molecule has 0 atom stereocenters. The highest BCUT2D eigenvalue weighted by Gasteiger charge is 2.23. The van der Waals surface area contributed by atoms with Crippen LogP contribution < -0.4 is 10.2 Å². The fraction of sp³-hybridized carbons (Fsp3) is 0.643. The molecule has 6 heteroatoms. The van der Waals surface area contributed by atoms with E-state index in [0.29, 0.717) is 11.8 Å². The molecule has 1 aliphatic carbocycles. The minimum absolute atomic E-state index is 0.107. The van der Waals surface area contributed by atoms with Crippen LogP contribution in [-0.2, 0) is 4.79 Å². The lowest BCUT2D eigenvalue weighted by atomic mass is 10.1. The van der Waals surface area contributed by atoms with Gasteiger partial charge in [0, 0.05) is 25.2 Å². The highest BCUT2D eigenvalue weighted by molar-refractivity contribution is 7.99. The number of amides is 1. The summed E-state index contributed by atoms with van der Waals surface area (Å²) in [7, 11) is 0. The number of rotatable bonds is 5. The van der Waals surface area contributed by atoms with Crippen LogP contribution in [-0.4, -0.2) is 40.8 Å². The van der Waals surface area contributed by atoms with Gasteiger partial charge in [0.25, 0.3) is 0 Å². The van der Waals surface area contributed by atoms with E-state index < -0.39 is 0 Å². The van der Waals surface area contributed by atoms with E-state index in [1.54, 1.807) is 6.33 Å². The van der Waals surface area contributed by atoms with Crippen LogP contribution in [0, 0.1) is 0 Å². The molecule has 0 bridgehead atoms. The zero-order valence-corrected chi connectivity index (χ0v) is 12.4. The SMILES string of the molecule is O=C(CSc1cc(N2CCCCC2)ncn1)NC1CC1. The number of carbonyl (C=O) groups is 1. The molecule has 3 rings (SSSR count). The molecule has 2 aliphatic rings. The molecular weight excluding hydrogens is 272 g/mol. The normalized spacial score (nSPS) is 18.9. The summed E-state index contributed by atoms with van der Waals surface area (Å²) in [4.78, 5) is 22.6. The summed E-state index contributed by atoms with van der Waals surface area (Å²) in [6.45, 7) is 2.15. The van der Waals surface area contributed by atoms with Crippen LogP contribution >= 0.6 is 11.8 Å². The first kappa shape index (κ1) is 13.7. The maximum absolute atomic E-state index is 11.7. The third-order valence-corrected chi connectivity index (χ3v) is 4.53. The van der Waals surface area contributed by atoms with Gasteiger partial charge in [-0.2, -0.15) is 0 Å². The van der Waals surface area contributed by atoms with Crippen molar-refractivity contribution in [3.05, 3.63) is 12.4 Å². The second kappa shape index (κ2) is 6.43. The van der Waals surface area contributed by atoms with E-state index in [2.05, 4.69) is 20.2 Å². The Morgan fingerprint density at radius 3 is 2.85 bits per heavy atom. The highest BCUT2D eigenvalue weighted by atomic mass is 32.2. The predicted molar refractivity (Wildman–Crippen MR) is 80.0 cm³/mol. The molecule has 1 amide bonds. The molecule has 5 nitrogen and oxygen atoms in total. The van der Waals surface area contributed by atoms with Crippen molar-refractivity contribution >= 4 is 23.5 Å². The third-order valence-electron chi connectivity index (χ3n) is 3.60. The quantitative estimate of drug-likeness (QED) is 0.663. The summed E-state index contributed by atoms with van der Waals surface area (Å²) >= 11 is 1.49. The number of thioether (sulfide) groups is 1. The first-order chi connectivity index (χ1) is 9.81. The van der Waals surface area contributed by atoms with Crippen molar-refractivity contribution in [2.45, 2.75) is 43.2 Å². The Morgan fingerprint density at radius 2 is 2.10 bits per heavy atom. The van der Waals surface area contributed by atoms with Gasteiger partial charge in [-0.05, 0) is 32.1 Å². The number of aromatic nitrogens is 2.